The Bertz CT molecular complexity index is 1300. The first-order valence-electron chi connectivity index (χ1n) is 12.1. The van der Waals surface area contributed by atoms with Gasteiger partial charge in [-0.3, -0.25) is 18.7 Å². The van der Waals surface area contributed by atoms with Crippen molar-refractivity contribution in [3.05, 3.63) is 74.3 Å². The van der Waals surface area contributed by atoms with E-state index in [2.05, 4.69) is 28.4 Å². The van der Waals surface area contributed by atoms with Crippen LogP contribution >= 0.6 is 12.4 Å². The zero-order chi connectivity index (χ0) is 22.4. The normalized spacial score (nSPS) is 20.1. The summed E-state index contributed by atoms with van der Waals surface area (Å²) in [6.07, 6.45) is 4.39. The highest BCUT2D eigenvalue weighted by molar-refractivity contribution is 5.85. The van der Waals surface area contributed by atoms with Crippen molar-refractivity contribution in [3.63, 3.8) is 0 Å². The molecule has 1 aromatic carbocycles. The third kappa shape index (κ3) is 4.28. The summed E-state index contributed by atoms with van der Waals surface area (Å²) < 4.78 is 9.32. The van der Waals surface area contributed by atoms with E-state index in [1.807, 2.05) is 16.7 Å². The molecule has 1 atom stereocenters. The fourth-order valence-electron chi connectivity index (χ4n) is 5.70. The molecule has 5 heterocycles. The number of halogens is 1. The van der Waals surface area contributed by atoms with E-state index in [0.717, 1.165) is 75.3 Å². The van der Waals surface area contributed by atoms with Crippen LogP contribution in [0.1, 0.15) is 36.4 Å². The van der Waals surface area contributed by atoms with Crippen molar-refractivity contribution in [2.24, 2.45) is 0 Å². The number of ether oxygens (including phenoxy) is 1. The number of likely N-dealkylation sites (tertiary alicyclic amines) is 1. The molecule has 3 aliphatic rings. The Hall–Kier alpha value is -2.61. The molecule has 34 heavy (non-hydrogen) atoms. The summed E-state index contributed by atoms with van der Waals surface area (Å²) in [6.45, 7) is 5.10. The van der Waals surface area contributed by atoms with Gasteiger partial charge in [0.1, 0.15) is 11.4 Å². The van der Waals surface area contributed by atoms with E-state index < -0.39 is 0 Å². The second kappa shape index (κ2) is 9.56. The van der Waals surface area contributed by atoms with Crippen molar-refractivity contribution < 1.29 is 4.74 Å². The monoisotopic (exact) mass is 482 g/mol. The van der Waals surface area contributed by atoms with Crippen molar-refractivity contribution in [3.8, 4) is 5.75 Å². The first-order chi connectivity index (χ1) is 16.2. The summed E-state index contributed by atoms with van der Waals surface area (Å²) in [4.78, 5) is 27.5. The van der Waals surface area contributed by atoms with E-state index in [4.69, 9.17) is 4.74 Å². The van der Waals surface area contributed by atoms with E-state index >= 15 is 0 Å². The smallest absolute Gasteiger partial charge is 0.252 e. The molecule has 8 heteroatoms. The molecular formula is C26H31ClN4O3. The van der Waals surface area contributed by atoms with Gasteiger partial charge in [-0.1, -0.05) is 12.1 Å². The average Bonchev–Trinajstić information content (AvgIpc) is 3.23. The van der Waals surface area contributed by atoms with Crippen LogP contribution < -0.4 is 21.2 Å². The molecule has 0 saturated carbocycles. The Morgan fingerprint density at radius 3 is 2.62 bits per heavy atom. The number of nitrogens with one attached hydrogen (secondary N) is 1. The maximum atomic E-state index is 12.6. The van der Waals surface area contributed by atoms with E-state index in [1.165, 1.54) is 11.1 Å². The molecule has 3 aromatic rings. The lowest BCUT2D eigenvalue weighted by molar-refractivity contribution is 0.171. The predicted molar refractivity (Wildman–Crippen MR) is 135 cm³/mol. The standard InChI is InChI=1S/C26H30N4O3.ClH/c31-24-7-4-19-5-8-25(32)30-22(17-29(24)26(19)30)16-28-11-9-21(10-12-28)27-15-18-3-6-23-20(14-18)2-1-13-33-23;/h3-8,14,21-22,27H,1-2,9-13,15-17H2;1H/t22-;/m1./s1. The van der Waals surface area contributed by atoms with Crippen molar-refractivity contribution in [1.82, 2.24) is 19.4 Å². The lowest BCUT2D eigenvalue weighted by Crippen LogP contribution is -2.44. The van der Waals surface area contributed by atoms with E-state index in [-0.39, 0.29) is 29.6 Å². The van der Waals surface area contributed by atoms with E-state index in [1.54, 1.807) is 16.7 Å². The molecule has 6 rings (SSSR count). The van der Waals surface area contributed by atoms with Gasteiger partial charge in [0.2, 0.25) is 0 Å². The van der Waals surface area contributed by atoms with E-state index in [0.29, 0.717) is 12.6 Å². The van der Waals surface area contributed by atoms with Crippen LogP contribution in [0.4, 0.5) is 0 Å². The van der Waals surface area contributed by atoms with Gasteiger partial charge in [-0.05, 0) is 68.1 Å². The van der Waals surface area contributed by atoms with Crippen LogP contribution in [-0.4, -0.2) is 46.3 Å². The number of hydrogen-bond acceptors (Lipinski definition) is 5. The van der Waals surface area contributed by atoms with Gasteiger partial charge in [0, 0.05) is 43.2 Å². The number of benzene rings is 1. The van der Waals surface area contributed by atoms with Crippen molar-refractivity contribution in [2.45, 2.75) is 50.9 Å². The topological polar surface area (TPSA) is 68.5 Å². The first kappa shape index (κ1) is 23.1. The zero-order valence-corrected chi connectivity index (χ0v) is 20.1. The SMILES string of the molecule is Cl.O=c1ccc2ccc(=O)n3c2n1C[C@H]3CN1CCC(NCc2ccc3c(c2)CCCO3)CC1. The van der Waals surface area contributed by atoms with Crippen molar-refractivity contribution >= 4 is 23.4 Å². The molecule has 180 valence electrons. The van der Waals surface area contributed by atoms with Crippen molar-refractivity contribution in [2.75, 3.05) is 26.2 Å². The molecular weight excluding hydrogens is 452 g/mol. The minimum Gasteiger partial charge on any atom is -0.493 e. The molecule has 1 saturated heterocycles. The van der Waals surface area contributed by atoms with Gasteiger partial charge in [-0.15, -0.1) is 12.4 Å². The fourth-order valence-corrected chi connectivity index (χ4v) is 5.70. The Kier molecular flexibility index (Phi) is 6.51. The Morgan fingerprint density at radius 1 is 1.00 bits per heavy atom. The Labute approximate surface area is 204 Å². The second-order valence-corrected chi connectivity index (χ2v) is 9.61. The third-order valence-corrected chi connectivity index (χ3v) is 7.44. The number of piperidine rings is 1. The average molecular weight is 483 g/mol. The Balaban J connectivity index is 0.00000241. The minimum atomic E-state index is -0.0269. The highest BCUT2D eigenvalue weighted by Gasteiger charge is 2.29. The highest BCUT2D eigenvalue weighted by atomic mass is 35.5. The van der Waals surface area contributed by atoms with Gasteiger partial charge in [-0.25, -0.2) is 0 Å². The van der Waals surface area contributed by atoms with Gasteiger partial charge in [0.15, 0.2) is 0 Å². The summed E-state index contributed by atoms with van der Waals surface area (Å²) >= 11 is 0. The molecule has 7 nitrogen and oxygen atoms in total. The molecule has 0 unspecified atom stereocenters. The van der Waals surface area contributed by atoms with Crippen LogP contribution in [0.25, 0.3) is 11.0 Å². The van der Waals surface area contributed by atoms with Crippen LogP contribution in [-0.2, 0) is 19.5 Å². The molecule has 2 aromatic heterocycles. The van der Waals surface area contributed by atoms with Crippen LogP contribution in [0.15, 0.2) is 52.1 Å². The lowest BCUT2D eigenvalue weighted by atomic mass is 10.0. The maximum absolute atomic E-state index is 12.6. The van der Waals surface area contributed by atoms with Crippen LogP contribution in [0.5, 0.6) is 5.75 Å². The molecule has 3 aliphatic heterocycles. The summed E-state index contributed by atoms with van der Waals surface area (Å²) in [5, 5.41) is 4.69. The maximum Gasteiger partial charge on any atom is 0.252 e. The number of fused-ring (bicyclic) bond motifs is 1. The summed E-state index contributed by atoms with van der Waals surface area (Å²) in [5.74, 6) is 1.05. The molecule has 1 fully saturated rings. The zero-order valence-electron chi connectivity index (χ0n) is 19.2. The van der Waals surface area contributed by atoms with Gasteiger partial charge < -0.3 is 15.0 Å². The molecule has 0 spiro atoms. The van der Waals surface area contributed by atoms with Gasteiger partial charge in [0.05, 0.1) is 12.6 Å². The number of aromatic nitrogens is 2. The molecule has 0 radical (unpaired) electrons. The number of rotatable bonds is 5. The second-order valence-electron chi connectivity index (χ2n) is 9.61. The summed E-state index contributed by atoms with van der Waals surface area (Å²) in [6, 6.07) is 13.9. The quantitative estimate of drug-likeness (QED) is 0.605. The summed E-state index contributed by atoms with van der Waals surface area (Å²) in [5.41, 5.74) is 3.38. The van der Waals surface area contributed by atoms with Crippen LogP contribution in [0.2, 0.25) is 0 Å². The lowest BCUT2D eigenvalue weighted by Gasteiger charge is -2.34. The molecule has 1 N–H and O–H groups in total. The van der Waals surface area contributed by atoms with Gasteiger partial charge >= 0.3 is 0 Å². The van der Waals surface area contributed by atoms with Gasteiger partial charge in [-0.2, -0.15) is 0 Å². The largest absolute Gasteiger partial charge is 0.493 e. The van der Waals surface area contributed by atoms with E-state index in [9.17, 15) is 9.59 Å². The van der Waals surface area contributed by atoms with Crippen molar-refractivity contribution in [1.29, 1.82) is 0 Å². The number of pyridine rings is 2. The number of aryl methyl sites for hydroxylation is 1. The third-order valence-electron chi connectivity index (χ3n) is 7.44. The minimum absolute atomic E-state index is 0. The van der Waals surface area contributed by atoms with Crippen LogP contribution in [0, 0.1) is 0 Å². The predicted octanol–water partition coefficient (Wildman–Crippen LogP) is 2.72. The Morgan fingerprint density at radius 2 is 1.79 bits per heavy atom. The van der Waals surface area contributed by atoms with Gasteiger partial charge in [0.25, 0.3) is 11.1 Å². The molecule has 0 amide bonds. The summed E-state index contributed by atoms with van der Waals surface area (Å²) in [7, 11) is 0. The van der Waals surface area contributed by atoms with Crippen LogP contribution in [0.3, 0.4) is 0 Å². The molecule has 0 bridgehead atoms. The fraction of sp³-hybridized carbons (Fsp3) is 0.462. The first-order valence-corrected chi connectivity index (χ1v) is 12.1. The number of hydrogen-bond donors (Lipinski definition) is 1. The highest BCUT2D eigenvalue weighted by Crippen LogP contribution is 2.27. The number of nitrogens with zero attached hydrogens (tertiary/aromatic N) is 3. The molecule has 0 aliphatic carbocycles.